The predicted molar refractivity (Wildman–Crippen MR) is 76.1 cm³/mol. The third-order valence-corrected chi connectivity index (χ3v) is 4.50. The molecule has 0 radical (unpaired) electrons. The fourth-order valence-electron chi connectivity index (χ4n) is 3.25. The number of hydrogen-bond acceptors (Lipinski definition) is 6. The Kier molecular flexibility index (Phi) is 3.86. The molecule has 2 aliphatic rings. The van der Waals surface area contributed by atoms with Crippen molar-refractivity contribution >= 4 is 11.9 Å². The molecule has 0 aliphatic carbocycles. The molecule has 0 bridgehead atoms. The van der Waals surface area contributed by atoms with Gasteiger partial charge >= 0.3 is 0 Å². The summed E-state index contributed by atoms with van der Waals surface area (Å²) in [6.45, 7) is 1.45. The number of piperidine rings is 2. The Balaban J connectivity index is 1.88. The largest absolute Gasteiger partial charge is 0.479 e. The minimum absolute atomic E-state index is 0.127. The SMILES string of the molecule is COc1nc(N2CC[C@H](O)[C@@]3(CCCNC3=O)C2)ncc1F. The van der Waals surface area contributed by atoms with Gasteiger partial charge in [-0.25, -0.2) is 4.98 Å². The number of carbonyl (C=O) groups is 1. The predicted octanol–water partition coefficient (Wildman–Crippen LogP) is 0.0917. The molecule has 2 fully saturated rings. The number of ether oxygens (including phenoxy) is 1. The maximum atomic E-state index is 13.4. The van der Waals surface area contributed by atoms with E-state index in [1.54, 1.807) is 4.90 Å². The summed E-state index contributed by atoms with van der Waals surface area (Å²) < 4.78 is 18.3. The van der Waals surface area contributed by atoms with E-state index in [0.29, 0.717) is 38.4 Å². The van der Waals surface area contributed by atoms with Gasteiger partial charge in [0.1, 0.15) is 0 Å². The standard InChI is InChI=1S/C14H19FN4O3/c1-22-11-9(15)7-17-13(18-11)19-6-3-10(20)14(8-19)4-2-5-16-12(14)21/h7,10,20H,2-6,8H2,1H3,(H,16,21)/t10-,14+/m0/s1. The van der Waals surface area contributed by atoms with E-state index in [0.717, 1.165) is 12.6 Å². The molecule has 2 atom stereocenters. The molecule has 2 aliphatic heterocycles. The molecule has 1 aromatic heterocycles. The lowest BCUT2D eigenvalue weighted by atomic mass is 9.71. The second-order valence-electron chi connectivity index (χ2n) is 5.77. The molecule has 1 aromatic rings. The van der Waals surface area contributed by atoms with Crippen molar-refractivity contribution in [1.29, 1.82) is 0 Å². The number of nitrogens with zero attached hydrogens (tertiary/aromatic N) is 3. The highest BCUT2D eigenvalue weighted by atomic mass is 19.1. The monoisotopic (exact) mass is 310 g/mol. The summed E-state index contributed by atoms with van der Waals surface area (Å²) in [6.07, 6.45) is 2.25. The molecular weight excluding hydrogens is 291 g/mol. The van der Waals surface area contributed by atoms with Gasteiger partial charge in [-0.05, 0) is 19.3 Å². The number of amides is 1. The van der Waals surface area contributed by atoms with Crippen LogP contribution in [-0.2, 0) is 4.79 Å². The van der Waals surface area contributed by atoms with E-state index in [4.69, 9.17) is 4.74 Å². The first kappa shape index (κ1) is 15.0. The van der Waals surface area contributed by atoms with Crippen LogP contribution in [0.3, 0.4) is 0 Å². The minimum Gasteiger partial charge on any atom is -0.479 e. The lowest BCUT2D eigenvalue weighted by Gasteiger charge is -2.46. The first-order valence-corrected chi connectivity index (χ1v) is 7.35. The summed E-state index contributed by atoms with van der Waals surface area (Å²) in [6, 6.07) is 0. The van der Waals surface area contributed by atoms with Crippen molar-refractivity contribution in [2.75, 3.05) is 31.6 Å². The highest BCUT2D eigenvalue weighted by Crippen LogP contribution is 2.38. The van der Waals surface area contributed by atoms with E-state index < -0.39 is 17.3 Å². The van der Waals surface area contributed by atoms with Crippen LogP contribution in [0.25, 0.3) is 0 Å². The molecule has 1 spiro atoms. The Labute approximate surface area is 127 Å². The van der Waals surface area contributed by atoms with Crippen molar-refractivity contribution in [3.05, 3.63) is 12.0 Å². The summed E-state index contributed by atoms with van der Waals surface area (Å²) >= 11 is 0. The Morgan fingerprint density at radius 2 is 2.41 bits per heavy atom. The lowest BCUT2D eigenvalue weighted by Crippen LogP contribution is -2.61. The van der Waals surface area contributed by atoms with E-state index >= 15 is 0 Å². The summed E-state index contributed by atoms with van der Waals surface area (Å²) in [5, 5.41) is 13.2. The molecule has 0 saturated carbocycles. The number of halogens is 1. The summed E-state index contributed by atoms with van der Waals surface area (Å²) in [4.78, 5) is 22.1. The zero-order chi connectivity index (χ0) is 15.7. The van der Waals surface area contributed by atoms with Gasteiger partial charge in [0.15, 0.2) is 0 Å². The van der Waals surface area contributed by atoms with E-state index in [2.05, 4.69) is 15.3 Å². The van der Waals surface area contributed by atoms with Crippen LogP contribution in [0, 0.1) is 11.2 Å². The Morgan fingerprint density at radius 1 is 1.59 bits per heavy atom. The van der Waals surface area contributed by atoms with Crippen LogP contribution in [0.15, 0.2) is 6.20 Å². The number of carbonyl (C=O) groups excluding carboxylic acids is 1. The molecule has 22 heavy (non-hydrogen) atoms. The van der Waals surface area contributed by atoms with E-state index in [1.807, 2.05) is 0 Å². The lowest BCUT2D eigenvalue weighted by molar-refractivity contribution is -0.142. The summed E-state index contributed by atoms with van der Waals surface area (Å²) in [7, 11) is 1.34. The van der Waals surface area contributed by atoms with Crippen molar-refractivity contribution in [3.63, 3.8) is 0 Å². The quantitative estimate of drug-likeness (QED) is 0.805. The van der Waals surface area contributed by atoms with Gasteiger partial charge in [0.2, 0.25) is 17.7 Å². The minimum atomic E-state index is -0.846. The number of aliphatic hydroxyl groups is 1. The first-order chi connectivity index (χ1) is 10.6. The third-order valence-electron chi connectivity index (χ3n) is 4.50. The van der Waals surface area contributed by atoms with Gasteiger partial charge in [-0.1, -0.05) is 0 Å². The van der Waals surface area contributed by atoms with Crippen LogP contribution < -0.4 is 15.0 Å². The molecule has 3 rings (SSSR count). The van der Waals surface area contributed by atoms with Gasteiger partial charge < -0.3 is 20.1 Å². The molecular formula is C14H19FN4O3. The average molecular weight is 310 g/mol. The maximum absolute atomic E-state index is 13.4. The number of methoxy groups -OCH3 is 1. The van der Waals surface area contributed by atoms with Gasteiger partial charge in [0.05, 0.1) is 24.8 Å². The summed E-state index contributed by atoms with van der Waals surface area (Å²) in [5.41, 5.74) is -0.846. The highest BCUT2D eigenvalue weighted by molar-refractivity contribution is 5.85. The third kappa shape index (κ3) is 2.37. The number of aromatic nitrogens is 2. The maximum Gasteiger partial charge on any atom is 0.255 e. The van der Waals surface area contributed by atoms with Crippen LogP contribution in [0.2, 0.25) is 0 Å². The number of aliphatic hydroxyl groups excluding tert-OH is 1. The fraction of sp³-hybridized carbons (Fsp3) is 0.643. The second kappa shape index (κ2) is 5.68. The van der Waals surface area contributed by atoms with Gasteiger partial charge in [-0.2, -0.15) is 9.37 Å². The molecule has 120 valence electrons. The topological polar surface area (TPSA) is 87.6 Å². The number of rotatable bonds is 2. The molecule has 8 heteroatoms. The smallest absolute Gasteiger partial charge is 0.255 e. The zero-order valence-corrected chi connectivity index (χ0v) is 12.4. The van der Waals surface area contributed by atoms with Gasteiger partial charge in [0.25, 0.3) is 5.88 Å². The zero-order valence-electron chi connectivity index (χ0n) is 12.4. The Hall–Kier alpha value is -1.96. The van der Waals surface area contributed by atoms with Crippen molar-refractivity contribution < 1.29 is 19.0 Å². The van der Waals surface area contributed by atoms with E-state index in [9.17, 15) is 14.3 Å². The van der Waals surface area contributed by atoms with Crippen LogP contribution in [0.1, 0.15) is 19.3 Å². The van der Waals surface area contributed by atoms with E-state index in [1.165, 1.54) is 7.11 Å². The van der Waals surface area contributed by atoms with E-state index in [-0.39, 0.29) is 11.8 Å². The molecule has 1 amide bonds. The molecule has 0 unspecified atom stereocenters. The Morgan fingerprint density at radius 3 is 3.14 bits per heavy atom. The van der Waals surface area contributed by atoms with Gasteiger partial charge in [0, 0.05) is 19.6 Å². The molecule has 0 aromatic carbocycles. The van der Waals surface area contributed by atoms with Crippen LogP contribution in [-0.4, -0.2) is 53.8 Å². The molecule has 2 saturated heterocycles. The van der Waals surface area contributed by atoms with Crippen molar-refractivity contribution in [2.24, 2.45) is 5.41 Å². The highest BCUT2D eigenvalue weighted by Gasteiger charge is 2.50. The fourth-order valence-corrected chi connectivity index (χ4v) is 3.25. The first-order valence-electron chi connectivity index (χ1n) is 7.35. The van der Waals surface area contributed by atoms with Gasteiger partial charge in [-0.15, -0.1) is 0 Å². The summed E-state index contributed by atoms with van der Waals surface area (Å²) in [5.74, 6) is -0.584. The molecule has 3 heterocycles. The van der Waals surface area contributed by atoms with Crippen LogP contribution in [0.5, 0.6) is 5.88 Å². The second-order valence-corrected chi connectivity index (χ2v) is 5.77. The van der Waals surface area contributed by atoms with Crippen LogP contribution >= 0.6 is 0 Å². The average Bonchev–Trinajstić information content (AvgIpc) is 2.53. The van der Waals surface area contributed by atoms with Crippen LogP contribution in [0.4, 0.5) is 10.3 Å². The van der Waals surface area contributed by atoms with Crippen molar-refractivity contribution in [1.82, 2.24) is 15.3 Å². The van der Waals surface area contributed by atoms with Crippen molar-refractivity contribution in [2.45, 2.75) is 25.4 Å². The number of anilines is 1. The molecule has 7 nitrogen and oxygen atoms in total. The Bertz CT molecular complexity index is 585. The van der Waals surface area contributed by atoms with Gasteiger partial charge in [-0.3, -0.25) is 4.79 Å². The van der Waals surface area contributed by atoms with Crippen molar-refractivity contribution in [3.8, 4) is 5.88 Å². The number of hydrogen-bond donors (Lipinski definition) is 2. The molecule has 2 N–H and O–H groups in total. The number of nitrogens with one attached hydrogen (secondary N) is 1. The normalized spacial score (nSPS) is 28.6.